The fraction of sp³-hybridized carbons (Fsp3) is 0.235. The highest BCUT2D eigenvalue weighted by molar-refractivity contribution is 6.31. The van der Waals surface area contributed by atoms with E-state index in [0.717, 1.165) is 11.1 Å². The summed E-state index contributed by atoms with van der Waals surface area (Å²) < 4.78 is 0. The quantitative estimate of drug-likeness (QED) is 0.921. The molecule has 4 heteroatoms. The van der Waals surface area contributed by atoms with Gasteiger partial charge < -0.3 is 10.6 Å². The van der Waals surface area contributed by atoms with Gasteiger partial charge >= 0.3 is 0 Å². The van der Waals surface area contributed by atoms with Crippen LogP contribution >= 0.6 is 11.6 Å². The molecule has 0 aliphatic carbocycles. The first-order valence-corrected chi connectivity index (χ1v) is 7.29. The second kappa shape index (κ2) is 7.25. The number of nitrogens with zero attached hydrogens (tertiary/aromatic N) is 1. The number of carbonyl (C=O) groups excluding carboxylic acids is 1. The number of amides is 1. The van der Waals surface area contributed by atoms with Gasteiger partial charge in [0.15, 0.2) is 0 Å². The molecule has 0 heterocycles. The van der Waals surface area contributed by atoms with Gasteiger partial charge in [0.1, 0.15) is 0 Å². The molecule has 110 valence electrons. The lowest BCUT2D eigenvalue weighted by molar-refractivity contribution is 0.0747. The zero-order valence-electron chi connectivity index (χ0n) is 12.1. The summed E-state index contributed by atoms with van der Waals surface area (Å²) in [6.45, 7) is 3.35. The largest absolute Gasteiger partial charge is 0.333 e. The third-order valence-corrected chi connectivity index (χ3v) is 3.81. The summed E-state index contributed by atoms with van der Waals surface area (Å²) in [5.74, 6) is -0.0377. The zero-order chi connectivity index (χ0) is 15.2. The van der Waals surface area contributed by atoms with Crippen LogP contribution in [0.15, 0.2) is 48.5 Å². The zero-order valence-corrected chi connectivity index (χ0v) is 12.8. The van der Waals surface area contributed by atoms with Crippen LogP contribution in [-0.4, -0.2) is 23.9 Å². The Balaban J connectivity index is 2.25. The van der Waals surface area contributed by atoms with E-state index in [9.17, 15) is 4.79 Å². The van der Waals surface area contributed by atoms with Gasteiger partial charge in [-0.15, -0.1) is 0 Å². The van der Waals surface area contributed by atoms with Crippen LogP contribution in [0.25, 0.3) is 0 Å². The molecular formula is C17H19ClN2O. The van der Waals surface area contributed by atoms with Gasteiger partial charge in [-0.25, -0.2) is 0 Å². The molecule has 3 nitrogen and oxygen atoms in total. The second-order valence-electron chi connectivity index (χ2n) is 4.91. The van der Waals surface area contributed by atoms with Crippen LogP contribution in [0.3, 0.4) is 0 Å². The van der Waals surface area contributed by atoms with E-state index in [4.69, 9.17) is 17.3 Å². The van der Waals surface area contributed by atoms with E-state index in [1.54, 1.807) is 23.1 Å². The summed E-state index contributed by atoms with van der Waals surface area (Å²) in [7, 11) is 0. The number of benzene rings is 2. The lowest BCUT2D eigenvalue weighted by Crippen LogP contribution is -2.35. The number of carbonyl (C=O) groups is 1. The second-order valence-corrected chi connectivity index (χ2v) is 5.32. The molecule has 2 aromatic carbocycles. The Labute approximate surface area is 130 Å². The van der Waals surface area contributed by atoms with Crippen LogP contribution in [0.4, 0.5) is 0 Å². The molecule has 0 radical (unpaired) electrons. The normalized spacial score (nSPS) is 10.4. The SMILES string of the molecule is Cc1c(Cl)cccc1C(=O)N(CCN)Cc1ccccc1. The minimum atomic E-state index is -0.0377. The summed E-state index contributed by atoms with van der Waals surface area (Å²) in [6, 6.07) is 15.3. The Morgan fingerprint density at radius 2 is 1.86 bits per heavy atom. The van der Waals surface area contributed by atoms with Crippen molar-refractivity contribution in [1.82, 2.24) is 4.90 Å². The van der Waals surface area contributed by atoms with Crippen molar-refractivity contribution < 1.29 is 4.79 Å². The van der Waals surface area contributed by atoms with Gasteiger partial charge in [0.25, 0.3) is 5.91 Å². The lowest BCUT2D eigenvalue weighted by Gasteiger charge is -2.23. The van der Waals surface area contributed by atoms with Crippen LogP contribution in [-0.2, 0) is 6.54 Å². The van der Waals surface area contributed by atoms with Crippen LogP contribution < -0.4 is 5.73 Å². The summed E-state index contributed by atoms with van der Waals surface area (Å²) in [6.07, 6.45) is 0. The van der Waals surface area contributed by atoms with Gasteiger partial charge in [-0.2, -0.15) is 0 Å². The average Bonchev–Trinajstić information content (AvgIpc) is 2.50. The fourth-order valence-electron chi connectivity index (χ4n) is 2.22. The molecule has 0 bridgehead atoms. The smallest absolute Gasteiger partial charge is 0.254 e. The molecule has 0 saturated carbocycles. The van der Waals surface area contributed by atoms with Crippen molar-refractivity contribution in [3.8, 4) is 0 Å². The van der Waals surface area contributed by atoms with Crippen molar-refractivity contribution in [3.63, 3.8) is 0 Å². The molecule has 2 aromatic rings. The standard InChI is InChI=1S/C17H19ClN2O/c1-13-15(8-5-9-16(13)18)17(21)20(11-10-19)12-14-6-3-2-4-7-14/h2-9H,10-12,19H2,1H3. The Morgan fingerprint density at radius 3 is 2.52 bits per heavy atom. The third kappa shape index (κ3) is 3.84. The van der Waals surface area contributed by atoms with Crippen molar-refractivity contribution in [3.05, 3.63) is 70.2 Å². The minimum Gasteiger partial charge on any atom is -0.333 e. The van der Waals surface area contributed by atoms with E-state index < -0.39 is 0 Å². The van der Waals surface area contributed by atoms with Crippen LogP contribution in [0.5, 0.6) is 0 Å². The van der Waals surface area contributed by atoms with E-state index in [1.807, 2.05) is 37.3 Å². The van der Waals surface area contributed by atoms with Crippen molar-refractivity contribution in [2.45, 2.75) is 13.5 Å². The minimum absolute atomic E-state index is 0.0377. The Kier molecular flexibility index (Phi) is 5.37. The van der Waals surface area contributed by atoms with Gasteiger partial charge in [0.2, 0.25) is 0 Å². The van der Waals surface area contributed by atoms with E-state index in [0.29, 0.717) is 30.2 Å². The number of hydrogen-bond donors (Lipinski definition) is 1. The first-order valence-electron chi connectivity index (χ1n) is 6.92. The van der Waals surface area contributed by atoms with Crippen LogP contribution in [0.2, 0.25) is 5.02 Å². The third-order valence-electron chi connectivity index (χ3n) is 3.40. The maximum Gasteiger partial charge on any atom is 0.254 e. The first kappa shape index (κ1) is 15.5. The topological polar surface area (TPSA) is 46.3 Å². The molecule has 1 amide bonds. The predicted octanol–water partition coefficient (Wildman–Crippen LogP) is 3.25. The Morgan fingerprint density at radius 1 is 1.14 bits per heavy atom. The highest BCUT2D eigenvalue weighted by atomic mass is 35.5. The molecule has 0 aliphatic heterocycles. The van der Waals surface area contributed by atoms with E-state index in [1.165, 1.54) is 0 Å². The van der Waals surface area contributed by atoms with Crippen LogP contribution in [0.1, 0.15) is 21.5 Å². The average molecular weight is 303 g/mol. The molecular weight excluding hydrogens is 284 g/mol. The molecule has 2 N–H and O–H groups in total. The van der Waals surface area contributed by atoms with Crippen LogP contribution in [0, 0.1) is 6.92 Å². The van der Waals surface area contributed by atoms with Crippen molar-refractivity contribution in [2.75, 3.05) is 13.1 Å². The van der Waals surface area contributed by atoms with E-state index in [2.05, 4.69) is 0 Å². The molecule has 0 fully saturated rings. The molecule has 21 heavy (non-hydrogen) atoms. The number of hydrogen-bond acceptors (Lipinski definition) is 2. The lowest BCUT2D eigenvalue weighted by atomic mass is 10.1. The maximum absolute atomic E-state index is 12.7. The molecule has 0 aromatic heterocycles. The van der Waals surface area contributed by atoms with Gasteiger partial charge in [-0.1, -0.05) is 48.0 Å². The number of rotatable bonds is 5. The molecule has 0 atom stereocenters. The first-order chi connectivity index (χ1) is 10.1. The Hall–Kier alpha value is -1.84. The number of halogens is 1. The van der Waals surface area contributed by atoms with Gasteiger partial charge in [-0.05, 0) is 30.2 Å². The van der Waals surface area contributed by atoms with Gasteiger partial charge in [0.05, 0.1) is 0 Å². The predicted molar refractivity (Wildman–Crippen MR) is 86.4 cm³/mol. The van der Waals surface area contributed by atoms with Crippen molar-refractivity contribution >= 4 is 17.5 Å². The monoisotopic (exact) mass is 302 g/mol. The molecule has 2 rings (SSSR count). The fourth-order valence-corrected chi connectivity index (χ4v) is 2.40. The van der Waals surface area contributed by atoms with Crippen molar-refractivity contribution in [1.29, 1.82) is 0 Å². The molecule has 0 unspecified atom stereocenters. The summed E-state index contributed by atoms with van der Waals surface area (Å²) in [5.41, 5.74) is 8.17. The van der Waals surface area contributed by atoms with E-state index in [-0.39, 0.29) is 5.91 Å². The van der Waals surface area contributed by atoms with E-state index >= 15 is 0 Å². The Bertz CT molecular complexity index is 613. The molecule has 0 aliphatic rings. The highest BCUT2D eigenvalue weighted by Crippen LogP contribution is 2.20. The maximum atomic E-state index is 12.7. The van der Waals surface area contributed by atoms with Gasteiger partial charge in [-0.3, -0.25) is 4.79 Å². The summed E-state index contributed by atoms with van der Waals surface area (Å²) in [5, 5.41) is 0.605. The number of nitrogens with two attached hydrogens (primary N) is 1. The molecule has 0 spiro atoms. The van der Waals surface area contributed by atoms with Crippen molar-refractivity contribution in [2.24, 2.45) is 5.73 Å². The van der Waals surface area contributed by atoms with Gasteiger partial charge in [0, 0.05) is 30.2 Å². The highest BCUT2D eigenvalue weighted by Gasteiger charge is 2.18. The molecule has 0 saturated heterocycles. The summed E-state index contributed by atoms with van der Waals surface area (Å²) >= 11 is 6.10. The summed E-state index contributed by atoms with van der Waals surface area (Å²) in [4.78, 5) is 14.5.